The highest BCUT2D eigenvalue weighted by Gasteiger charge is 2.52. The van der Waals surface area contributed by atoms with E-state index in [2.05, 4.69) is 19.1 Å². The summed E-state index contributed by atoms with van der Waals surface area (Å²) in [7, 11) is 0. The Balaban J connectivity index is 1.77. The van der Waals surface area contributed by atoms with Crippen molar-refractivity contribution in [1.29, 1.82) is 0 Å². The lowest BCUT2D eigenvalue weighted by Gasteiger charge is -2.43. The van der Waals surface area contributed by atoms with Crippen LogP contribution in [0.15, 0.2) is 29.8 Å². The molecule has 2 fully saturated rings. The van der Waals surface area contributed by atoms with Crippen molar-refractivity contribution >= 4 is 5.78 Å². The normalized spacial score (nSPS) is 35.0. The molecule has 0 amide bonds. The third-order valence-corrected chi connectivity index (χ3v) is 5.88. The highest BCUT2D eigenvalue weighted by molar-refractivity contribution is 5.88. The molecule has 1 N–H and O–H groups in total. The molecule has 0 heterocycles. The predicted octanol–water partition coefficient (Wildman–Crippen LogP) is 3.74. The van der Waals surface area contributed by atoms with E-state index in [1.54, 1.807) is 6.07 Å². The Morgan fingerprint density at radius 1 is 1.30 bits per heavy atom. The summed E-state index contributed by atoms with van der Waals surface area (Å²) in [5.41, 5.74) is 4.03. The lowest BCUT2D eigenvalue weighted by atomic mass is 9.60. The van der Waals surface area contributed by atoms with E-state index in [9.17, 15) is 9.90 Å². The van der Waals surface area contributed by atoms with Crippen LogP contribution in [0.5, 0.6) is 5.75 Å². The van der Waals surface area contributed by atoms with Gasteiger partial charge in [-0.25, -0.2) is 0 Å². The van der Waals surface area contributed by atoms with E-state index in [1.165, 1.54) is 16.7 Å². The van der Waals surface area contributed by atoms with Crippen molar-refractivity contribution in [2.75, 3.05) is 0 Å². The van der Waals surface area contributed by atoms with E-state index >= 15 is 0 Å². The Hall–Kier alpha value is -1.57. The van der Waals surface area contributed by atoms with E-state index < -0.39 is 0 Å². The van der Waals surface area contributed by atoms with Crippen LogP contribution in [0, 0.1) is 11.3 Å². The second-order valence-electron chi connectivity index (χ2n) is 6.81. The number of Topliss-reactive ketones (excluding diaryl/α,β-unsaturated/α-hetero) is 1. The number of rotatable bonds is 0. The average Bonchev–Trinajstić information content (AvgIpc) is 2.74. The van der Waals surface area contributed by atoms with Crippen LogP contribution >= 0.6 is 0 Å². The van der Waals surface area contributed by atoms with Gasteiger partial charge in [0.2, 0.25) is 0 Å². The molecule has 0 spiro atoms. The summed E-state index contributed by atoms with van der Waals surface area (Å²) in [4.78, 5) is 12.2. The van der Waals surface area contributed by atoms with Crippen molar-refractivity contribution in [2.24, 2.45) is 11.3 Å². The minimum Gasteiger partial charge on any atom is -0.508 e. The number of fused-ring (bicyclic) bond motifs is 5. The first-order valence-corrected chi connectivity index (χ1v) is 7.64. The molecule has 4 rings (SSSR count). The molecule has 2 unspecified atom stereocenters. The quantitative estimate of drug-likeness (QED) is 0.728. The molecular weight excluding hydrogens is 248 g/mol. The molecule has 0 aromatic heterocycles. The van der Waals surface area contributed by atoms with Crippen LogP contribution in [-0.2, 0) is 11.2 Å². The van der Waals surface area contributed by atoms with E-state index in [0.29, 0.717) is 23.4 Å². The van der Waals surface area contributed by atoms with Crippen LogP contribution in [-0.4, -0.2) is 10.9 Å². The number of ketones is 1. The number of hydrogen-bond acceptors (Lipinski definition) is 2. The Morgan fingerprint density at radius 3 is 3.00 bits per heavy atom. The summed E-state index contributed by atoms with van der Waals surface area (Å²) in [6.07, 6.45) is 7.11. The van der Waals surface area contributed by atoms with Crippen molar-refractivity contribution in [2.45, 2.75) is 44.9 Å². The van der Waals surface area contributed by atoms with Crippen LogP contribution in [0.4, 0.5) is 0 Å². The van der Waals surface area contributed by atoms with Crippen molar-refractivity contribution in [3.05, 3.63) is 41.0 Å². The van der Waals surface area contributed by atoms with Gasteiger partial charge in [-0.15, -0.1) is 0 Å². The summed E-state index contributed by atoms with van der Waals surface area (Å²) >= 11 is 0. The standard InChI is InChI=1S/C18H20O2/c1-18-9-8-14-13-5-3-12(19)10-11(13)2-4-15(14)16(18)6-7-17(18)20/h3-5,10,14,16,19H,2,6-9H2,1H3/t14?,16?,18-/m0/s1. The van der Waals surface area contributed by atoms with E-state index in [4.69, 9.17) is 0 Å². The molecule has 20 heavy (non-hydrogen) atoms. The van der Waals surface area contributed by atoms with Gasteiger partial charge in [0.1, 0.15) is 11.5 Å². The van der Waals surface area contributed by atoms with Crippen molar-refractivity contribution < 1.29 is 9.90 Å². The third-order valence-electron chi connectivity index (χ3n) is 5.88. The molecule has 0 aliphatic heterocycles. The number of hydrogen-bond donors (Lipinski definition) is 1. The second kappa shape index (κ2) is 3.97. The maximum Gasteiger partial charge on any atom is 0.139 e. The van der Waals surface area contributed by atoms with Gasteiger partial charge in [0.05, 0.1) is 0 Å². The molecule has 0 radical (unpaired) electrons. The fraction of sp³-hybridized carbons (Fsp3) is 0.500. The van der Waals surface area contributed by atoms with Crippen LogP contribution < -0.4 is 0 Å². The molecule has 1 aromatic carbocycles. The highest BCUT2D eigenvalue weighted by atomic mass is 16.3. The van der Waals surface area contributed by atoms with Gasteiger partial charge in [-0.3, -0.25) is 4.79 Å². The Kier molecular flexibility index (Phi) is 2.42. The van der Waals surface area contributed by atoms with Crippen molar-refractivity contribution in [3.63, 3.8) is 0 Å². The zero-order valence-corrected chi connectivity index (χ0v) is 11.9. The predicted molar refractivity (Wildman–Crippen MR) is 77.7 cm³/mol. The topological polar surface area (TPSA) is 37.3 Å². The fourth-order valence-electron chi connectivity index (χ4n) is 4.73. The largest absolute Gasteiger partial charge is 0.508 e. The monoisotopic (exact) mass is 268 g/mol. The van der Waals surface area contributed by atoms with Gasteiger partial charge in [-0.05, 0) is 54.9 Å². The molecule has 2 saturated carbocycles. The van der Waals surface area contributed by atoms with Gasteiger partial charge in [0.15, 0.2) is 0 Å². The van der Waals surface area contributed by atoms with Gasteiger partial charge in [0, 0.05) is 17.8 Å². The first kappa shape index (κ1) is 12.2. The number of carbonyl (C=O) groups excluding carboxylic acids is 1. The number of benzene rings is 1. The van der Waals surface area contributed by atoms with Crippen LogP contribution in [0.25, 0.3) is 0 Å². The molecule has 3 atom stereocenters. The van der Waals surface area contributed by atoms with Crippen LogP contribution in [0.3, 0.4) is 0 Å². The summed E-state index contributed by atoms with van der Waals surface area (Å²) in [5, 5.41) is 9.64. The lowest BCUT2D eigenvalue weighted by Crippen LogP contribution is -2.37. The number of carbonyl (C=O) groups is 1. The highest BCUT2D eigenvalue weighted by Crippen LogP contribution is 2.57. The summed E-state index contributed by atoms with van der Waals surface area (Å²) in [5.74, 6) is 1.76. The van der Waals surface area contributed by atoms with Gasteiger partial charge < -0.3 is 5.11 Å². The van der Waals surface area contributed by atoms with E-state index in [0.717, 1.165) is 32.1 Å². The smallest absolute Gasteiger partial charge is 0.139 e. The molecule has 0 saturated heterocycles. The molecule has 2 heteroatoms. The number of phenols is 1. The zero-order valence-electron chi connectivity index (χ0n) is 11.9. The minimum atomic E-state index is -0.100. The Bertz CT molecular complexity index is 628. The molecule has 3 aliphatic rings. The summed E-state index contributed by atoms with van der Waals surface area (Å²) < 4.78 is 0. The van der Waals surface area contributed by atoms with Gasteiger partial charge in [-0.1, -0.05) is 24.6 Å². The minimum absolute atomic E-state index is 0.100. The van der Waals surface area contributed by atoms with Crippen LogP contribution in [0.2, 0.25) is 0 Å². The lowest BCUT2D eigenvalue weighted by molar-refractivity contribution is -0.126. The SMILES string of the molecule is C[C@]12CCC3C(=CCc4cc(O)ccc43)C1CCC2=O. The van der Waals surface area contributed by atoms with Crippen molar-refractivity contribution in [3.8, 4) is 5.75 Å². The van der Waals surface area contributed by atoms with Crippen LogP contribution in [0.1, 0.15) is 49.7 Å². The molecule has 2 nitrogen and oxygen atoms in total. The fourth-order valence-corrected chi connectivity index (χ4v) is 4.73. The zero-order chi connectivity index (χ0) is 13.9. The van der Waals surface area contributed by atoms with E-state index in [1.807, 2.05) is 6.07 Å². The molecule has 0 bridgehead atoms. The van der Waals surface area contributed by atoms with Gasteiger partial charge in [0.25, 0.3) is 0 Å². The molecular formula is C18H20O2. The number of phenolic OH excluding ortho intramolecular Hbond substituents is 1. The summed E-state index contributed by atoms with van der Waals surface area (Å²) in [6, 6.07) is 5.79. The van der Waals surface area contributed by atoms with Gasteiger partial charge in [-0.2, -0.15) is 0 Å². The Labute approximate surface area is 119 Å². The molecule has 104 valence electrons. The maximum atomic E-state index is 12.2. The number of aromatic hydroxyl groups is 1. The van der Waals surface area contributed by atoms with E-state index in [-0.39, 0.29) is 5.41 Å². The first-order valence-electron chi connectivity index (χ1n) is 7.64. The average molecular weight is 268 g/mol. The van der Waals surface area contributed by atoms with Crippen molar-refractivity contribution in [1.82, 2.24) is 0 Å². The van der Waals surface area contributed by atoms with Gasteiger partial charge >= 0.3 is 0 Å². The third kappa shape index (κ3) is 1.48. The maximum absolute atomic E-state index is 12.2. The molecule has 3 aliphatic carbocycles. The second-order valence-corrected chi connectivity index (χ2v) is 6.81. The first-order chi connectivity index (χ1) is 9.59. The number of allylic oxidation sites excluding steroid dienone is 2. The summed E-state index contributed by atoms with van der Waals surface area (Å²) in [6.45, 7) is 2.18. The molecule has 1 aromatic rings. The Morgan fingerprint density at radius 2 is 2.15 bits per heavy atom.